The number of nitrogens with zero attached hydrogens (tertiary/aromatic N) is 1. The van der Waals surface area contributed by atoms with Crippen LogP contribution in [-0.2, 0) is 20.5 Å². The Labute approximate surface area is 172 Å². The molecule has 5 heteroatoms. The van der Waals surface area contributed by atoms with Crippen LogP contribution in [0.25, 0.3) is 0 Å². The summed E-state index contributed by atoms with van der Waals surface area (Å²) >= 11 is 1.76. The predicted octanol–water partition coefficient (Wildman–Crippen LogP) is 5.90. The van der Waals surface area contributed by atoms with Gasteiger partial charge in [-0.15, -0.1) is 11.3 Å². The smallest absolute Gasteiger partial charge is 0.335 e. The summed E-state index contributed by atoms with van der Waals surface area (Å²) in [5.74, 6) is -0.969. The third-order valence-corrected chi connectivity index (χ3v) is 7.20. The van der Waals surface area contributed by atoms with Crippen molar-refractivity contribution in [3.63, 3.8) is 0 Å². The molecule has 1 aliphatic rings. The van der Waals surface area contributed by atoms with Gasteiger partial charge >= 0.3 is 5.97 Å². The van der Waals surface area contributed by atoms with Gasteiger partial charge in [0.05, 0.1) is 10.5 Å². The summed E-state index contributed by atoms with van der Waals surface area (Å²) in [4.78, 5) is 18.8. The minimum Gasteiger partial charge on any atom is -0.478 e. The molecule has 1 N–H and O–H groups in total. The Kier molecular flexibility index (Phi) is 6.39. The van der Waals surface area contributed by atoms with Crippen LogP contribution in [0.15, 0.2) is 41.1 Å². The van der Waals surface area contributed by atoms with Crippen LogP contribution in [-0.4, -0.2) is 23.9 Å². The lowest BCUT2D eigenvalue weighted by atomic mass is 9.66. The summed E-state index contributed by atoms with van der Waals surface area (Å²) in [6, 6.07) is 0. The highest BCUT2D eigenvalue weighted by atomic mass is 32.1. The Bertz CT molecular complexity index is 882. The Hall–Kier alpha value is -2.14. The summed E-state index contributed by atoms with van der Waals surface area (Å²) < 4.78 is 0. The van der Waals surface area contributed by atoms with Crippen LogP contribution in [0.2, 0.25) is 0 Å². The highest BCUT2D eigenvalue weighted by Gasteiger charge is 2.41. The first kappa shape index (κ1) is 22.2. The van der Waals surface area contributed by atoms with E-state index < -0.39 is 5.97 Å². The van der Waals surface area contributed by atoms with E-state index >= 15 is 0 Å². The molecule has 152 valence electrons. The molecular weight excluding hydrogens is 370 g/mol. The Morgan fingerprint density at radius 3 is 2.32 bits per heavy atom. The number of hydrogen-bond donors (Lipinski definition) is 1. The van der Waals surface area contributed by atoms with Crippen molar-refractivity contribution in [2.75, 3.05) is 7.11 Å². The zero-order chi connectivity index (χ0) is 21.3. The molecule has 0 bridgehead atoms. The van der Waals surface area contributed by atoms with Gasteiger partial charge in [-0.25, -0.2) is 4.79 Å². The first-order valence-corrected chi connectivity index (χ1v) is 10.3. The van der Waals surface area contributed by atoms with Crippen LogP contribution in [0.3, 0.4) is 0 Å². The van der Waals surface area contributed by atoms with Gasteiger partial charge in [-0.2, -0.15) is 0 Å². The molecule has 2 rings (SSSR count). The number of rotatable bonds is 6. The first-order valence-electron chi connectivity index (χ1n) is 9.49. The molecule has 0 amide bonds. The Morgan fingerprint density at radius 2 is 1.82 bits per heavy atom. The fraction of sp³-hybridized carbons (Fsp3) is 0.478. The fourth-order valence-electron chi connectivity index (χ4n) is 3.79. The zero-order valence-electron chi connectivity index (χ0n) is 18.0. The predicted molar refractivity (Wildman–Crippen MR) is 118 cm³/mol. The molecular formula is C23H31NO3S. The van der Waals surface area contributed by atoms with Crippen molar-refractivity contribution in [1.29, 1.82) is 0 Å². The van der Waals surface area contributed by atoms with E-state index in [0.29, 0.717) is 11.3 Å². The third-order valence-electron chi connectivity index (χ3n) is 5.54. The number of carbonyl (C=O) groups is 1. The van der Waals surface area contributed by atoms with E-state index in [2.05, 4.69) is 46.4 Å². The molecule has 1 heterocycles. The lowest BCUT2D eigenvalue weighted by Gasteiger charge is -2.39. The highest BCUT2D eigenvalue weighted by molar-refractivity contribution is 7.15. The molecule has 0 unspecified atom stereocenters. The van der Waals surface area contributed by atoms with Gasteiger partial charge in [0.2, 0.25) is 0 Å². The van der Waals surface area contributed by atoms with E-state index in [1.807, 2.05) is 0 Å². The molecule has 0 spiro atoms. The van der Waals surface area contributed by atoms with Crippen LogP contribution < -0.4 is 0 Å². The molecule has 1 aromatic rings. The van der Waals surface area contributed by atoms with Gasteiger partial charge in [0.15, 0.2) is 0 Å². The Morgan fingerprint density at radius 1 is 1.21 bits per heavy atom. The summed E-state index contributed by atoms with van der Waals surface area (Å²) in [5.41, 5.74) is 4.34. The van der Waals surface area contributed by atoms with Crippen LogP contribution in [0.4, 0.5) is 0 Å². The summed E-state index contributed by atoms with van der Waals surface area (Å²) in [6.45, 7) is 17.2. The second kappa shape index (κ2) is 8.08. The van der Waals surface area contributed by atoms with E-state index in [9.17, 15) is 9.90 Å². The van der Waals surface area contributed by atoms with E-state index in [0.717, 1.165) is 17.7 Å². The quantitative estimate of drug-likeness (QED) is 0.279. The van der Waals surface area contributed by atoms with Crippen molar-refractivity contribution in [3.8, 4) is 0 Å². The van der Waals surface area contributed by atoms with Gasteiger partial charge in [-0.05, 0) is 60.3 Å². The second-order valence-electron chi connectivity index (χ2n) is 8.56. The standard InChI is InChI=1S/C23H31NO3S/c1-9-16(21(25)26)11-10-14(2)18(24-27-8)19-15(3)17-20(28-19)23(6,7)13-12-22(17,4)5/h9-11H,2,12-13H2,1,3-8H3,(H,25,26)/b11-10-,16-9+,24-18?. The summed E-state index contributed by atoms with van der Waals surface area (Å²) in [6.07, 6.45) is 7.08. The van der Waals surface area contributed by atoms with Gasteiger partial charge in [0.25, 0.3) is 0 Å². The number of fused-ring (bicyclic) bond motifs is 1. The van der Waals surface area contributed by atoms with E-state index in [1.165, 1.54) is 23.1 Å². The molecule has 0 saturated heterocycles. The lowest BCUT2D eigenvalue weighted by molar-refractivity contribution is -0.132. The molecule has 0 saturated carbocycles. The van der Waals surface area contributed by atoms with Crippen LogP contribution in [0.5, 0.6) is 0 Å². The molecule has 28 heavy (non-hydrogen) atoms. The zero-order valence-corrected chi connectivity index (χ0v) is 18.8. The fourth-order valence-corrected chi connectivity index (χ4v) is 5.43. The third kappa shape index (κ3) is 4.14. The van der Waals surface area contributed by atoms with Crippen molar-refractivity contribution in [3.05, 3.63) is 56.8 Å². The topological polar surface area (TPSA) is 58.9 Å². The number of oxime groups is 1. The van der Waals surface area contributed by atoms with Gasteiger partial charge in [-0.3, -0.25) is 0 Å². The average molecular weight is 402 g/mol. The first-order chi connectivity index (χ1) is 13.0. The molecule has 4 nitrogen and oxygen atoms in total. The number of allylic oxidation sites excluding steroid dienone is 3. The molecule has 0 aromatic carbocycles. The number of carboxylic acids is 1. The summed E-state index contributed by atoms with van der Waals surface area (Å²) in [5, 5.41) is 13.5. The van der Waals surface area contributed by atoms with Crippen molar-refractivity contribution in [1.82, 2.24) is 0 Å². The lowest BCUT2D eigenvalue weighted by Crippen LogP contribution is -2.32. The van der Waals surface area contributed by atoms with Gasteiger partial charge in [0, 0.05) is 4.88 Å². The van der Waals surface area contributed by atoms with Crippen molar-refractivity contribution < 1.29 is 14.7 Å². The molecule has 0 radical (unpaired) electrons. The van der Waals surface area contributed by atoms with Crippen LogP contribution in [0.1, 0.15) is 68.3 Å². The molecule has 1 aromatic heterocycles. The van der Waals surface area contributed by atoms with Crippen LogP contribution in [0, 0.1) is 6.92 Å². The van der Waals surface area contributed by atoms with Gasteiger partial charge in [-0.1, -0.05) is 51.6 Å². The van der Waals surface area contributed by atoms with Crippen LogP contribution >= 0.6 is 11.3 Å². The van der Waals surface area contributed by atoms with E-state index in [-0.39, 0.29) is 16.4 Å². The largest absolute Gasteiger partial charge is 0.478 e. The number of carboxylic acid groups (broad SMARTS) is 1. The number of thiophene rings is 1. The van der Waals surface area contributed by atoms with Gasteiger partial charge in [0.1, 0.15) is 12.8 Å². The SMILES string of the molecule is C=C(/C=C\C(=C/C)C(=O)O)C(=NOC)c1sc2c(c1C)C(C)(C)CCC2(C)C. The molecule has 1 aliphatic carbocycles. The normalized spacial score (nSPS) is 18.8. The molecule has 0 atom stereocenters. The van der Waals surface area contributed by atoms with Gasteiger partial charge < -0.3 is 9.94 Å². The summed E-state index contributed by atoms with van der Waals surface area (Å²) in [7, 11) is 1.52. The maximum absolute atomic E-state index is 11.2. The molecule has 0 aliphatic heterocycles. The minimum atomic E-state index is -0.969. The van der Waals surface area contributed by atoms with E-state index in [4.69, 9.17) is 4.84 Å². The maximum atomic E-state index is 11.2. The average Bonchev–Trinajstić information content (AvgIpc) is 2.96. The molecule has 0 fully saturated rings. The van der Waals surface area contributed by atoms with Crippen molar-refractivity contribution in [2.24, 2.45) is 5.16 Å². The minimum absolute atomic E-state index is 0.112. The monoisotopic (exact) mass is 401 g/mol. The van der Waals surface area contributed by atoms with E-state index in [1.54, 1.807) is 36.5 Å². The Balaban J connectivity index is 2.56. The van der Waals surface area contributed by atoms with Crippen molar-refractivity contribution >= 4 is 23.0 Å². The maximum Gasteiger partial charge on any atom is 0.335 e. The van der Waals surface area contributed by atoms with Crippen molar-refractivity contribution in [2.45, 2.75) is 65.2 Å². The number of hydrogen-bond acceptors (Lipinski definition) is 4. The second-order valence-corrected chi connectivity index (χ2v) is 9.58. The highest BCUT2D eigenvalue weighted by Crippen LogP contribution is 2.51. The number of aliphatic carboxylic acids is 1.